The minimum absolute atomic E-state index is 0.00241. The van der Waals surface area contributed by atoms with Crippen molar-refractivity contribution in [3.05, 3.63) is 23.8 Å². The Balaban J connectivity index is 1.50. The molecule has 2 saturated carbocycles. The van der Waals surface area contributed by atoms with E-state index in [2.05, 4.69) is 22.2 Å². The second-order valence-electron chi connectivity index (χ2n) is 7.54. The molecule has 3 fully saturated rings. The summed E-state index contributed by atoms with van der Waals surface area (Å²) in [7, 11) is 0. The molecule has 1 aromatic heterocycles. The lowest BCUT2D eigenvalue weighted by Crippen LogP contribution is -2.63. The van der Waals surface area contributed by atoms with Gasteiger partial charge in [0, 0.05) is 30.7 Å². The lowest BCUT2D eigenvalue weighted by atomic mass is 9.61. The van der Waals surface area contributed by atoms with Gasteiger partial charge < -0.3 is 10.1 Å². The van der Waals surface area contributed by atoms with Crippen LogP contribution in [0.4, 0.5) is 0 Å². The molecule has 0 bridgehead atoms. The maximum atomic E-state index is 12.9. The summed E-state index contributed by atoms with van der Waals surface area (Å²) in [6.45, 7) is 2.95. The molecule has 1 aromatic rings. The summed E-state index contributed by atoms with van der Waals surface area (Å²) >= 11 is 0. The first-order valence-electron chi connectivity index (χ1n) is 9.51. The van der Waals surface area contributed by atoms with Crippen molar-refractivity contribution in [1.29, 1.82) is 0 Å². The van der Waals surface area contributed by atoms with Gasteiger partial charge in [-0.15, -0.1) is 0 Å². The molecule has 5 heteroatoms. The number of hydrogen-bond donors (Lipinski definition) is 1. The van der Waals surface area contributed by atoms with Crippen molar-refractivity contribution in [1.82, 2.24) is 15.3 Å². The number of nitrogens with zero attached hydrogens (tertiary/aromatic N) is 2. The number of ether oxygens (including phenoxy) is 1. The lowest BCUT2D eigenvalue weighted by Gasteiger charge is -2.50. The van der Waals surface area contributed by atoms with Crippen LogP contribution in [0.15, 0.2) is 12.5 Å². The SMILES string of the molecule is CCCc1ncncc1C(=O)N[C@H]1[C@@H]2CCO[C@@H]2[C@@H]1C1CCCC1. The molecule has 4 rings (SSSR count). The van der Waals surface area contributed by atoms with Crippen LogP contribution in [0.1, 0.15) is 61.5 Å². The van der Waals surface area contributed by atoms with E-state index >= 15 is 0 Å². The third kappa shape index (κ3) is 2.73. The van der Waals surface area contributed by atoms with Gasteiger partial charge in [-0.1, -0.05) is 39.0 Å². The molecule has 2 heterocycles. The summed E-state index contributed by atoms with van der Waals surface area (Å²) in [6, 6.07) is 0.266. The second-order valence-corrected chi connectivity index (χ2v) is 7.54. The normalized spacial score (nSPS) is 32.4. The Kier molecular flexibility index (Phi) is 4.53. The molecule has 1 aliphatic heterocycles. The van der Waals surface area contributed by atoms with Gasteiger partial charge in [-0.3, -0.25) is 4.79 Å². The lowest BCUT2D eigenvalue weighted by molar-refractivity contribution is -0.0784. The van der Waals surface area contributed by atoms with Gasteiger partial charge in [-0.25, -0.2) is 9.97 Å². The van der Waals surface area contributed by atoms with E-state index in [-0.39, 0.29) is 11.9 Å². The summed E-state index contributed by atoms with van der Waals surface area (Å²) < 4.78 is 5.98. The van der Waals surface area contributed by atoms with Crippen LogP contribution < -0.4 is 5.32 Å². The van der Waals surface area contributed by atoms with Gasteiger partial charge in [0.1, 0.15) is 6.33 Å². The maximum Gasteiger partial charge on any atom is 0.254 e. The van der Waals surface area contributed by atoms with Crippen LogP contribution in [0.3, 0.4) is 0 Å². The number of hydrogen-bond acceptors (Lipinski definition) is 4. The van der Waals surface area contributed by atoms with E-state index in [9.17, 15) is 4.79 Å². The Labute approximate surface area is 143 Å². The van der Waals surface area contributed by atoms with Crippen LogP contribution in [0.5, 0.6) is 0 Å². The second kappa shape index (κ2) is 6.79. The highest BCUT2D eigenvalue weighted by atomic mass is 16.5. The third-order valence-electron chi connectivity index (χ3n) is 6.21. The van der Waals surface area contributed by atoms with Crippen molar-refractivity contribution in [2.24, 2.45) is 17.8 Å². The quantitative estimate of drug-likeness (QED) is 0.902. The van der Waals surface area contributed by atoms with E-state index in [1.807, 2.05) is 0 Å². The molecule has 130 valence electrons. The van der Waals surface area contributed by atoms with Crippen molar-refractivity contribution < 1.29 is 9.53 Å². The molecule has 1 N–H and O–H groups in total. The van der Waals surface area contributed by atoms with Gasteiger partial charge in [0.05, 0.1) is 17.4 Å². The monoisotopic (exact) mass is 329 g/mol. The molecule has 0 unspecified atom stereocenters. The fraction of sp³-hybridized carbons (Fsp3) is 0.737. The fourth-order valence-corrected chi connectivity index (χ4v) is 5.07. The van der Waals surface area contributed by atoms with Gasteiger partial charge in [0.2, 0.25) is 0 Å². The first-order valence-corrected chi connectivity index (χ1v) is 9.51. The zero-order valence-electron chi connectivity index (χ0n) is 14.4. The fourth-order valence-electron chi connectivity index (χ4n) is 5.07. The molecule has 2 aliphatic carbocycles. The summed E-state index contributed by atoms with van der Waals surface area (Å²) in [6.07, 6.45) is 11.7. The number of carbonyl (C=O) groups excluding carboxylic acids is 1. The molecule has 0 aromatic carbocycles. The highest BCUT2D eigenvalue weighted by Crippen LogP contribution is 2.51. The van der Waals surface area contributed by atoms with Crippen molar-refractivity contribution in [3.8, 4) is 0 Å². The average Bonchev–Trinajstić information content (AvgIpc) is 3.24. The van der Waals surface area contributed by atoms with Gasteiger partial charge >= 0.3 is 0 Å². The molecule has 5 nitrogen and oxygen atoms in total. The molecule has 1 saturated heterocycles. The minimum Gasteiger partial charge on any atom is -0.377 e. The van der Waals surface area contributed by atoms with Crippen LogP contribution in [0.2, 0.25) is 0 Å². The van der Waals surface area contributed by atoms with Crippen molar-refractivity contribution >= 4 is 5.91 Å². The van der Waals surface area contributed by atoms with Gasteiger partial charge in [0.15, 0.2) is 0 Å². The van der Waals surface area contributed by atoms with E-state index in [0.29, 0.717) is 23.5 Å². The predicted molar refractivity (Wildman–Crippen MR) is 90.6 cm³/mol. The highest BCUT2D eigenvalue weighted by Gasteiger charge is 2.57. The Morgan fingerprint density at radius 3 is 2.96 bits per heavy atom. The van der Waals surface area contributed by atoms with E-state index < -0.39 is 0 Å². The molecule has 0 spiro atoms. The Hall–Kier alpha value is -1.49. The molecular formula is C19H27N3O2. The number of rotatable bonds is 5. The van der Waals surface area contributed by atoms with Crippen LogP contribution in [0, 0.1) is 17.8 Å². The number of amides is 1. The summed E-state index contributed by atoms with van der Waals surface area (Å²) in [5.74, 6) is 1.72. The highest BCUT2D eigenvalue weighted by molar-refractivity contribution is 5.95. The number of nitrogens with one attached hydrogen (secondary N) is 1. The third-order valence-corrected chi connectivity index (χ3v) is 6.21. The summed E-state index contributed by atoms with van der Waals surface area (Å²) in [5.41, 5.74) is 1.51. The smallest absolute Gasteiger partial charge is 0.254 e. The average molecular weight is 329 g/mol. The van der Waals surface area contributed by atoms with Gasteiger partial charge in [-0.2, -0.15) is 0 Å². The van der Waals surface area contributed by atoms with E-state index in [1.165, 1.54) is 32.0 Å². The Morgan fingerprint density at radius 1 is 1.33 bits per heavy atom. The molecule has 3 aliphatic rings. The number of aromatic nitrogens is 2. The van der Waals surface area contributed by atoms with Crippen LogP contribution >= 0.6 is 0 Å². The molecule has 1 amide bonds. The molecular weight excluding hydrogens is 302 g/mol. The number of fused-ring (bicyclic) bond motifs is 1. The van der Waals surface area contributed by atoms with Crippen LogP contribution in [0.25, 0.3) is 0 Å². The first kappa shape index (κ1) is 16.0. The summed E-state index contributed by atoms with van der Waals surface area (Å²) in [4.78, 5) is 21.2. The zero-order valence-corrected chi connectivity index (χ0v) is 14.4. The predicted octanol–water partition coefficient (Wildman–Crippen LogP) is 2.75. The van der Waals surface area contributed by atoms with E-state index in [4.69, 9.17) is 4.74 Å². The topological polar surface area (TPSA) is 64.1 Å². The standard InChI is InChI=1S/C19H27N3O2/c1-2-5-15-14(10-20-11-21-15)19(23)22-17-13-8-9-24-18(13)16(17)12-6-3-4-7-12/h10-13,16-18H,2-9H2,1H3,(H,22,23)/t13-,16+,17-,18-/m0/s1. The largest absolute Gasteiger partial charge is 0.377 e. The van der Waals surface area contributed by atoms with Crippen LogP contribution in [-0.4, -0.2) is 34.6 Å². The zero-order chi connectivity index (χ0) is 16.5. The Bertz CT molecular complexity index is 595. The van der Waals surface area contributed by atoms with Gasteiger partial charge in [0.25, 0.3) is 5.91 Å². The number of aryl methyl sites for hydroxylation is 1. The molecule has 24 heavy (non-hydrogen) atoms. The van der Waals surface area contributed by atoms with E-state index in [0.717, 1.165) is 37.5 Å². The maximum absolute atomic E-state index is 12.9. The van der Waals surface area contributed by atoms with Crippen LogP contribution in [-0.2, 0) is 11.2 Å². The van der Waals surface area contributed by atoms with Crippen molar-refractivity contribution in [3.63, 3.8) is 0 Å². The van der Waals surface area contributed by atoms with E-state index in [1.54, 1.807) is 6.20 Å². The molecule has 0 radical (unpaired) electrons. The van der Waals surface area contributed by atoms with Gasteiger partial charge in [-0.05, 0) is 18.8 Å². The Morgan fingerprint density at radius 2 is 2.17 bits per heavy atom. The molecule has 4 atom stereocenters. The summed E-state index contributed by atoms with van der Waals surface area (Å²) in [5, 5.41) is 3.33. The first-order chi connectivity index (χ1) is 11.8. The van der Waals surface area contributed by atoms with Crippen molar-refractivity contribution in [2.75, 3.05) is 6.61 Å². The number of carbonyl (C=O) groups is 1. The van der Waals surface area contributed by atoms with Crippen molar-refractivity contribution in [2.45, 2.75) is 64.0 Å². The minimum atomic E-state index is -0.00241.